The zero-order valence-corrected chi connectivity index (χ0v) is 15.4. The molecule has 0 spiro atoms. The number of aryl methyl sites for hydroxylation is 1. The molecule has 0 aliphatic carbocycles. The van der Waals surface area contributed by atoms with Crippen LogP contribution in [0, 0.1) is 6.92 Å². The minimum Gasteiger partial charge on any atom is -0.493 e. The van der Waals surface area contributed by atoms with Crippen molar-refractivity contribution in [3.8, 4) is 17.0 Å². The molecular weight excluding hydrogens is 346 g/mol. The summed E-state index contributed by atoms with van der Waals surface area (Å²) in [6, 6.07) is 8.72. The van der Waals surface area contributed by atoms with Crippen molar-refractivity contribution in [1.29, 1.82) is 0 Å². The highest BCUT2D eigenvalue weighted by molar-refractivity contribution is 5.92. The second kappa shape index (κ2) is 7.86. The number of benzene rings is 1. The molecule has 27 heavy (non-hydrogen) atoms. The van der Waals surface area contributed by atoms with E-state index in [2.05, 4.69) is 20.2 Å². The number of carboxylic acids is 1. The molecule has 2 aromatic heterocycles. The van der Waals surface area contributed by atoms with Gasteiger partial charge in [0.05, 0.1) is 24.5 Å². The number of carbonyl (C=O) groups is 1. The molecule has 2 heterocycles. The third kappa shape index (κ3) is 4.22. The molecular formula is C19H21N5O3. The van der Waals surface area contributed by atoms with E-state index >= 15 is 0 Å². The predicted octanol–water partition coefficient (Wildman–Crippen LogP) is 2.91. The Hall–Kier alpha value is -3.42. The van der Waals surface area contributed by atoms with Gasteiger partial charge in [-0.3, -0.25) is 5.10 Å². The molecule has 140 valence electrons. The maximum absolute atomic E-state index is 11.5. The molecule has 0 atom stereocenters. The smallest absolute Gasteiger partial charge is 0.339 e. The number of nitrogens with one attached hydrogen (secondary N) is 1. The van der Waals surface area contributed by atoms with Crippen molar-refractivity contribution >= 4 is 11.9 Å². The third-order valence-electron chi connectivity index (χ3n) is 3.95. The minimum absolute atomic E-state index is 0.106. The van der Waals surface area contributed by atoms with Gasteiger partial charge >= 0.3 is 5.97 Å². The lowest BCUT2D eigenvalue weighted by Crippen LogP contribution is -2.19. The van der Waals surface area contributed by atoms with Gasteiger partial charge < -0.3 is 14.7 Å². The number of hydrogen-bond donors (Lipinski definition) is 2. The molecule has 0 unspecified atom stereocenters. The molecule has 2 N–H and O–H groups in total. The topological polar surface area (TPSA) is 104 Å². The fourth-order valence-electron chi connectivity index (χ4n) is 2.70. The summed E-state index contributed by atoms with van der Waals surface area (Å²) in [5, 5.41) is 16.6. The van der Waals surface area contributed by atoms with Crippen LogP contribution in [0.3, 0.4) is 0 Å². The molecule has 0 amide bonds. The highest BCUT2D eigenvalue weighted by Gasteiger charge is 2.15. The third-order valence-corrected chi connectivity index (χ3v) is 3.95. The van der Waals surface area contributed by atoms with Crippen LogP contribution in [0.2, 0.25) is 0 Å². The van der Waals surface area contributed by atoms with Gasteiger partial charge in [0.2, 0.25) is 5.95 Å². The monoisotopic (exact) mass is 367 g/mol. The molecule has 0 saturated carbocycles. The lowest BCUT2D eigenvalue weighted by Gasteiger charge is -2.16. The Kier molecular flexibility index (Phi) is 5.35. The van der Waals surface area contributed by atoms with Gasteiger partial charge in [0, 0.05) is 24.5 Å². The fraction of sp³-hybridized carbons (Fsp3) is 0.263. The van der Waals surface area contributed by atoms with Crippen molar-refractivity contribution in [1.82, 2.24) is 20.2 Å². The van der Waals surface area contributed by atoms with Crippen molar-refractivity contribution in [3.63, 3.8) is 0 Å². The Morgan fingerprint density at radius 2 is 2.11 bits per heavy atom. The number of aromatic amines is 1. The zero-order valence-electron chi connectivity index (χ0n) is 15.4. The van der Waals surface area contributed by atoms with Crippen molar-refractivity contribution in [2.24, 2.45) is 0 Å². The SMILES string of the molecule is CCOc1ccc(-c2ccnc(N(C)Cc3cc(C)[nH]n3)n2)cc1C(=O)O. The van der Waals surface area contributed by atoms with Gasteiger partial charge in [-0.05, 0) is 44.2 Å². The van der Waals surface area contributed by atoms with Crippen LogP contribution in [-0.2, 0) is 6.54 Å². The Bertz CT molecular complexity index is 954. The lowest BCUT2D eigenvalue weighted by atomic mass is 10.1. The van der Waals surface area contributed by atoms with Gasteiger partial charge in [0.25, 0.3) is 0 Å². The molecule has 8 heteroatoms. The van der Waals surface area contributed by atoms with E-state index in [4.69, 9.17) is 4.74 Å². The van der Waals surface area contributed by atoms with Crippen LogP contribution in [0.25, 0.3) is 11.3 Å². The van der Waals surface area contributed by atoms with Gasteiger partial charge in [-0.25, -0.2) is 14.8 Å². The van der Waals surface area contributed by atoms with Crippen LogP contribution >= 0.6 is 0 Å². The maximum Gasteiger partial charge on any atom is 0.339 e. The largest absolute Gasteiger partial charge is 0.493 e. The molecule has 0 saturated heterocycles. The van der Waals surface area contributed by atoms with E-state index in [1.54, 1.807) is 30.5 Å². The molecule has 1 aromatic carbocycles. The summed E-state index contributed by atoms with van der Waals surface area (Å²) in [6.07, 6.45) is 1.65. The standard InChI is InChI=1S/C19H21N5O3/c1-4-27-17-6-5-13(10-15(17)18(25)26)16-7-8-20-19(21-16)24(3)11-14-9-12(2)22-23-14/h5-10H,4,11H2,1-3H3,(H,22,23)(H,25,26). The zero-order chi connectivity index (χ0) is 19.4. The number of nitrogens with zero attached hydrogens (tertiary/aromatic N) is 4. The van der Waals surface area contributed by atoms with Crippen molar-refractivity contribution in [3.05, 3.63) is 53.5 Å². The van der Waals surface area contributed by atoms with E-state index in [0.29, 0.717) is 36.1 Å². The molecule has 8 nitrogen and oxygen atoms in total. The second-order valence-corrected chi connectivity index (χ2v) is 6.09. The van der Waals surface area contributed by atoms with E-state index in [9.17, 15) is 9.90 Å². The number of aromatic carboxylic acids is 1. The summed E-state index contributed by atoms with van der Waals surface area (Å²) in [5.74, 6) is -0.173. The first kappa shape index (κ1) is 18.4. The molecule has 0 radical (unpaired) electrons. The first-order chi connectivity index (χ1) is 13.0. The average Bonchev–Trinajstić information content (AvgIpc) is 3.07. The number of H-pyrrole nitrogens is 1. The van der Waals surface area contributed by atoms with Crippen LogP contribution < -0.4 is 9.64 Å². The Morgan fingerprint density at radius 3 is 2.78 bits per heavy atom. The number of aromatic nitrogens is 4. The lowest BCUT2D eigenvalue weighted by molar-refractivity contribution is 0.0692. The van der Waals surface area contributed by atoms with Gasteiger partial charge in [0.15, 0.2) is 0 Å². The Morgan fingerprint density at radius 1 is 1.30 bits per heavy atom. The van der Waals surface area contributed by atoms with E-state index in [1.807, 2.05) is 31.9 Å². The van der Waals surface area contributed by atoms with Gasteiger partial charge in [-0.1, -0.05) is 0 Å². The predicted molar refractivity (Wildman–Crippen MR) is 101 cm³/mol. The summed E-state index contributed by atoms with van der Waals surface area (Å²) >= 11 is 0. The van der Waals surface area contributed by atoms with Gasteiger partial charge in [-0.2, -0.15) is 5.10 Å². The molecule has 0 aliphatic heterocycles. The molecule has 3 aromatic rings. The quantitative estimate of drug-likeness (QED) is 0.661. The van der Waals surface area contributed by atoms with Crippen molar-refractivity contribution in [2.45, 2.75) is 20.4 Å². The molecule has 0 bridgehead atoms. The molecule has 3 rings (SSSR count). The summed E-state index contributed by atoms with van der Waals surface area (Å²) in [5.41, 5.74) is 3.30. The van der Waals surface area contributed by atoms with Gasteiger partial charge in [-0.15, -0.1) is 0 Å². The number of hydrogen-bond acceptors (Lipinski definition) is 6. The van der Waals surface area contributed by atoms with Crippen molar-refractivity contribution < 1.29 is 14.6 Å². The van der Waals surface area contributed by atoms with Crippen LogP contribution in [0.15, 0.2) is 36.5 Å². The van der Waals surface area contributed by atoms with E-state index in [1.165, 1.54) is 0 Å². The van der Waals surface area contributed by atoms with Crippen LogP contribution in [0.1, 0.15) is 28.7 Å². The number of carboxylic acid groups (broad SMARTS) is 1. The summed E-state index contributed by atoms with van der Waals surface area (Å²) in [7, 11) is 1.88. The summed E-state index contributed by atoms with van der Waals surface area (Å²) in [6.45, 7) is 4.71. The Balaban J connectivity index is 1.88. The van der Waals surface area contributed by atoms with Crippen molar-refractivity contribution in [2.75, 3.05) is 18.6 Å². The molecule has 0 fully saturated rings. The van der Waals surface area contributed by atoms with Crippen LogP contribution in [-0.4, -0.2) is 44.9 Å². The number of ether oxygens (including phenoxy) is 1. The van der Waals surface area contributed by atoms with E-state index in [0.717, 1.165) is 11.4 Å². The van der Waals surface area contributed by atoms with Crippen LogP contribution in [0.5, 0.6) is 5.75 Å². The number of rotatable bonds is 7. The normalized spacial score (nSPS) is 10.6. The summed E-state index contributed by atoms with van der Waals surface area (Å²) in [4.78, 5) is 22.3. The first-order valence-electron chi connectivity index (χ1n) is 8.53. The van der Waals surface area contributed by atoms with Gasteiger partial charge in [0.1, 0.15) is 11.3 Å². The van der Waals surface area contributed by atoms with E-state index in [-0.39, 0.29) is 5.56 Å². The highest BCUT2D eigenvalue weighted by Crippen LogP contribution is 2.26. The minimum atomic E-state index is -1.04. The number of anilines is 1. The first-order valence-corrected chi connectivity index (χ1v) is 8.53. The highest BCUT2D eigenvalue weighted by atomic mass is 16.5. The molecule has 0 aliphatic rings. The van der Waals surface area contributed by atoms with E-state index < -0.39 is 5.97 Å². The maximum atomic E-state index is 11.5. The second-order valence-electron chi connectivity index (χ2n) is 6.09. The Labute approximate surface area is 156 Å². The summed E-state index contributed by atoms with van der Waals surface area (Å²) < 4.78 is 5.39. The fourth-order valence-corrected chi connectivity index (χ4v) is 2.70. The van der Waals surface area contributed by atoms with Crippen LogP contribution in [0.4, 0.5) is 5.95 Å². The average molecular weight is 367 g/mol.